The van der Waals surface area contributed by atoms with Crippen molar-refractivity contribution in [2.24, 2.45) is 0 Å². The largest absolute Gasteiger partial charge is 0.421 e. The summed E-state index contributed by atoms with van der Waals surface area (Å²) in [6.45, 7) is 1.03. The predicted molar refractivity (Wildman–Crippen MR) is 69.2 cm³/mol. The molecule has 0 saturated carbocycles. The molecule has 20 heavy (non-hydrogen) atoms. The Balaban J connectivity index is 2.59. The number of carbonyl (C=O) groups is 1. The molecule has 0 aliphatic carbocycles. The van der Waals surface area contributed by atoms with E-state index in [1.54, 1.807) is 24.3 Å². The normalized spacial score (nSPS) is 15.1. The first-order chi connectivity index (χ1) is 9.24. The lowest BCUT2D eigenvalue weighted by atomic mass is 9.87. The van der Waals surface area contributed by atoms with Gasteiger partial charge in [0.25, 0.3) is 0 Å². The summed E-state index contributed by atoms with van der Waals surface area (Å²) in [5.74, 6) is -0.724. The van der Waals surface area contributed by atoms with E-state index in [4.69, 9.17) is 0 Å². The Kier molecular flexibility index (Phi) is 3.56. The van der Waals surface area contributed by atoms with Gasteiger partial charge in [-0.05, 0) is 29.3 Å². The lowest BCUT2D eigenvalue weighted by Gasteiger charge is -2.30. The Labute approximate surface area is 113 Å². The molecular formula is C15H13F3O2. The molecule has 0 heterocycles. The maximum atomic E-state index is 13.1. The number of fused-ring (bicyclic) bond motifs is 1. The number of aliphatic hydroxyl groups is 1. The van der Waals surface area contributed by atoms with Crippen LogP contribution in [0.3, 0.4) is 0 Å². The predicted octanol–water partition coefficient (Wildman–Crippen LogP) is 3.57. The number of carbonyl (C=O) groups excluding carboxylic acids is 1. The summed E-state index contributed by atoms with van der Waals surface area (Å²) in [5, 5.41) is 11.4. The summed E-state index contributed by atoms with van der Waals surface area (Å²) >= 11 is 0. The number of benzene rings is 2. The second-order valence-electron chi connectivity index (χ2n) is 4.80. The molecule has 1 N–H and O–H groups in total. The van der Waals surface area contributed by atoms with Crippen molar-refractivity contribution in [3.63, 3.8) is 0 Å². The van der Waals surface area contributed by atoms with Gasteiger partial charge in [0.1, 0.15) is 5.78 Å². The minimum Gasteiger partial charge on any atom is -0.376 e. The number of hydrogen-bond donors (Lipinski definition) is 1. The molecule has 1 atom stereocenters. The number of hydrogen-bond acceptors (Lipinski definition) is 2. The Morgan fingerprint density at radius 1 is 1.10 bits per heavy atom. The smallest absolute Gasteiger partial charge is 0.376 e. The van der Waals surface area contributed by atoms with Gasteiger partial charge in [0.05, 0.1) is 0 Å². The molecule has 2 aromatic rings. The van der Waals surface area contributed by atoms with Crippen molar-refractivity contribution in [3.05, 3.63) is 48.0 Å². The van der Waals surface area contributed by atoms with Gasteiger partial charge in [-0.3, -0.25) is 4.79 Å². The summed E-state index contributed by atoms with van der Waals surface area (Å²) in [6, 6.07) is 10.9. The molecule has 0 aliphatic rings. The molecule has 0 bridgehead atoms. The highest BCUT2D eigenvalue weighted by Crippen LogP contribution is 2.42. The quantitative estimate of drug-likeness (QED) is 0.934. The molecule has 0 aromatic heterocycles. The number of ketones is 1. The second-order valence-corrected chi connectivity index (χ2v) is 4.80. The monoisotopic (exact) mass is 282 g/mol. The molecule has 0 saturated heterocycles. The zero-order chi connectivity index (χ0) is 15.0. The van der Waals surface area contributed by atoms with Crippen LogP contribution in [0.5, 0.6) is 0 Å². The molecule has 0 amide bonds. The van der Waals surface area contributed by atoms with Gasteiger partial charge in [0.2, 0.25) is 0 Å². The fourth-order valence-corrected chi connectivity index (χ4v) is 2.17. The molecule has 0 unspecified atom stereocenters. The van der Waals surface area contributed by atoms with Gasteiger partial charge in [-0.1, -0.05) is 36.4 Å². The topological polar surface area (TPSA) is 37.3 Å². The van der Waals surface area contributed by atoms with Gasteiger partial charge in [-0.15, -0.1) is 0 Å². The molecule has 0 fully saturated rings. The number of Topliss-reactive ketones (excluding diaryl/α,β-unsaturated/α-hetero) is 1. The van der Waals surface area contributed by atoms with Crippen LogP contribution in [0.1, 0.15) is 18.9 Å². The molecule has 5 heteroatoms. The van der Waals surface area contributed by atoms with E-state index in [0.717, 1.165) is 12.3 Å². The van der Waals surface area contributed by atoms with Crippen molar-refractivity contribution < 1.29 is 23.1 Å². The van der Waals surface area contributed by atoms with Crippen LogP contribution in [0.25, 0.3) is 10.8 Å². The maximum Gasteiger partial charge on any atom is 0.421 e. The summed E-state index contributed by atoms with van der Waals surface area (Å²) in [7, 11) is 0. The highest BCUT2D eigenvalue weighted by atomic mass is 19.4. The van der Waals surface area contributed by atoms with Crippen molar-refractivity contribution in [2.45, 2.75) is 25.1 Å². The van der Waals surface area contributed by atoms with Crippen LogP contribution in [0.2, 0.25) is 0 Å². The highest BCUT2D eigenvalue weighted by molar-refractivity contribution is 5.84. The first kappa shape index (κ1) is 14.5. The summed E-state index contributed by atoms with van der Waals surface area (Å²) in [4.78, 5) is 11.1. The van der Waals surface area contributed by atoms with Crippen LogP contribution in [0.4, 0.5) is 13.2 Å². The Morgan fingerprint density at radius 2 is 1.70 bits per heavy atom. The van der Waals surface area contributed by atoms with Gasteiger partial charge in [0, 0.05) is 6.42 Å². The Morgan fingerprint density at radius 3 is 2.25 bits per heavy atom. The van der Waals surface area contributed by atoms with Crippen molar-refractivity contribution in [2.75, 3.05) is 0 Å². The Bertz CT molecular complexity index is 649. The van der Waals surface area contributed by atoms with Crippen molar-refractivity contribution >= 4 is 16.6 Å². The first-order valence-electron chi connectivity index (χ1n) is 6.02. The van der Waals surface area contributed by atoms with Crippen molar-refractivity contribution in [3.8, 4) is 0 Å². The van der Waals surface area contributed by atoms with E-state index >= 15 is 0 Å². The number of halogens is 3. The van der Waals surface area contributed by atoms with Crippen molar-refractivity contribution in [1.29, 1.82) is 0 Å². The number of alkyl halides is 3. The van der Waals surface area contributed by atoms with Gasteiger partial charge >= 0.3 is 6.18 Å². The summed E-state index contributed by atoms with van der Waals surface area (Å²) in [5.41, 5.74) is -3.47. The third-order valence-corrected chi connectivity index (χ3v) is 3.20. The zero-order valence-corrected chi connectivity index (χ0v) is 10.7. The standard InChI is InChI=1S/C15H13F3O2/c1-10(19)9-14(20,15(16,17)18)13-7-6-11-4-2-3-5-12(11)8-13/h2-8,20H,9H2,1H3/t14-/m0/s1. The minimum absolute atomic E-state index is 0.320. The van der Waals surface area contributed by atoms with Crippen LogP contribution < -0.4 is 0 Å². The van der Waals surface area contributed by atoms with Crippen LogP contribution in [-0.4, -0.2) is 17.1 Å². The van der Waals surface area contributed by atoms with E-state index < -0.39 is 24.0 Å². The zero-order valence-electron chi connectivity index (χ0n) is 10.7. The fourth-order valence-electron chi connectivity index (χ4n) is 2.17. The van der Waals surface area contributed by atoms with Gasteiger partial charge < -0.3 is 5.11 Å². The lowest BCUT2D eigenvalue weighted by molar-refractivity contribution is -0.267. The molecule has 2 aromatic carbocycles. The molecular weight excluding hydrogens is 269 g/mol. The van der Waals surface area contributed by atoms with Gasteiger partial charge in [-0.2, -0.15) is 13.2 Å². The minimum atomic E-state index is -4.92. The second kappa shape index (κ2) is 4.90. The molecule has 0 radical (unpaired) electrons. The van der Waals surface area contributed by atoms with Crippen LogP contribution in [0, 0.1) is 0 Å². The first-order valence-corrected chi connectivity index (χ1v) is 6.02. The molecule has 0 spiro atoms. The highest BCUT2D eigenvalue weighted by Gasteiger charge is 2.55. The van der Waals surface area contributed by atoms with Crippen LogP contribution in [0.15, 0.2) is 42.5 Å². The van der Waals surface area contributed by atoms with E-state index in [9.17, 15) is 23.1 Å². The van der Waals surface area contributed by atoms with E-state index in [0.29, 0.717) is 5.39 Å². The van der Waals surface area contributed by atoms with Crippen LogP contribution in [-0.2, 0) is 10.4 Å². The molecule has 2 nitrogen and oxygen atoms in total. The Hall–Kier alpha value is -1.88. The SMILES string of the molecule is CC(=O)C[C@](O)(c1ccc2ccccc2c1)C(F)(F)F. The van der Waals surface area contributed by atoms with E-state index in [1.807, 2.05) is 0 Å². The lowest BCUT2D eigenvalue weighted by Crippen LogP contribution is -2.43. The average Bonchev–Trinajstić information content (AvgIpc) is 2.36. The van der Waals surface area contributed by atoms with Crippen LogP contribution >= 0.6 is 0 Å². The van der Waals surface area contributed by atoms with Gasteiger partial charge in [-0.25, -0.2) is 0 Å². The number of rotatable bonds is 3. The van der Waals surface area contributed by atoms with E-state index in [-0.39, 0.29) is 5.56 Å². The molecule has 2 rings (SSSR count). The summed E-state index contributed by atoms with van der Waals surface area (Å²) < 4.78 is 39.4. The maximum absolute atomic E-state index is 13.1. The average molecular weight is 282 g/mol. The summed E-state index contributed by atoms with van der Waals surface area (Å²) in [6.07, 6.45) is -5.91. The van der Waals surface area contributed by atoms with Crippen molar-refractivity contribution in [1.82, 2.24) is 0 Å². The molecule has 0 aliphatic heterocycles. The third-order valence-electron chi connectivity index (χ3n) is 3.20. The van der Waals surface area contributed by atoms with E-state index in [1.165, 1.54) is 18.2 Å². The third kappa shape index (κ3) is 2.54. The van der Waals surface area contributed by atoms with E-state index in [2.05, 4.69) is 0 Å². The fraction of sp³-hybridized carbons (Fsp3) is 0.267. The molecule has 106 valence electrons. The van der Waals surface area contributed by atoms with Gasteiger partial charge in [0.15, 0.2) is 5.60 Å².